The van der Waals surface area contributed by atoms with Gasteiger partial charge in [0.1, 0.15) is 11.3 Å². The van der Waals surface area contributed by atoms with Gasteiger partial charge in [-0.1, -0.05) is 67.0 Å². The van der Waals surface area contributed by atoms with Gasteiger partial charge in [-0.2, -0.15) is 0 Å². The molecule has 2 aliphatic rings. The molecule has 1 aromatic heterocycles. The van der Waals surface area contributed by atoms with E-state index in [1.54, 1.807) is 7.11 Å². The van der Waals surface area contributed by atoms with Crippen LogP contribution < -0.4 is 4.74 Å². The van der Waals surface area contributed by atoms with E-state index >= 15 is 0 Å². The number of allylic oxidation sites excluding steroid dienone is 2. The van der Waals surface area contributed by atoms with Crippen LogP contribution in [0.4, 0.5) is 0 Å². The third kappa shape index (κ3) is 6.37. The van der Waals surface area contributed by atoms with E-state index < -0.39 is 8.32 Å². The van der Waals surface area contributed by atoms with Crippen LogP contribution in [0.2, 0.25) is 18.1 Å². The lowest BCUT2D eigenvalue weighted by Gasteiger charge is -2.48. The van der Waals surface area contributed by atoms with Crippen molar-refractivity contribution < 1.29 is 23.4 Å². The van der Waals surface area contributed by atoms with Crippen LogP contribution in [0, 0.1) is 30.6 Å². The predicted octanol–water partition coefficient (Wildman–Crippen LogP) is 10.5. The lowest BCUT2D eigenvalue weighted by atomic mass is 9.78. The van der Waals surface area contributed by atoms with Crippen LogP contribution in [-0.4, -0.2) is 32.7 Å². The highest BCUT2D eigenvalue weighted by atomic mass is 28.4. The van der Waals surface area contributed by atoms with Crippen LogP contribution >= 0.6 is 0 Å². The van der Waals surface area contributed by atoms with Gasteiger partial charge >= 0.3 is 0 Å². The minimum absolute atomic E-state index is 0.0310. The lowest BCUT2D eigenvalue weighted by Crippen LogP contribution is -2.52. The molecule has 8 atom stereocenters. The zero-order valence-corrected chi connectivity index (χ0v) is 29.3. The Morgan fingerprint density at radius 2 is 1.64 bits per heavy atom. The molecule has 3 heterocycles. The molecule has 0 radical (unpaired) electrons. The van der Waals surface area contributed by atoms with Gasteiger partial charge in [0.25, 0.3) is 0 Å². The minimum Gasteiger partial charge on any atom is -0.504 e. The summed E-state index contributed by atoms with van der Waals surface area (Å²) in [6.07, 6.45) is 6.40. The first-order valence-corrected chi connectivity index (χ1v) is 19.3. The first-order chi connectivity index (χ1) is 19.9. The molecule has 0 spiro atoms. The summed E-state index contributed by atoms with van der Waals surface area (Å²) in [5.74, 6) is 3.23. The molecule has 0 unspecified atom stereocenters. The number of ether oxygens (including phenoxy) is 2. The molecule has 1 N–H and O–H groups in total. The predicted molar refractivity (Wildman–Crippen MR) is 176 cm³/mol. The van der Waals surface area contributed by atoms with Crippen LogP contribution in [0.25, 0.3) is 11.0 Å². The molecule has 2 aromatic rings. The molecule has 42 heavy (non-hydrogen) atoms. The van der Waals surface area contributed by atoms with Gasteiger partial charge < -0.3 is 23.4 Å². The van der Waals surface area contributed by atoms with Crippen molar-refractivity contribution in [1.29, 1.82) is 0 Å². The second kappa shape index (κ2) is 13.5. The van der Waals surface area contributed by atoms with E-state index in [0.29, 0.717) is 17.6 Å². The van der Waals surface area contributed by atoms with E-state index in [1.165, 1.54) is 5.57 Å². The fourth-order valence-corrected chi connectivity index (χ4v) is 11.1. The van der Waals surface area contributed by atoms with Crippen molar-refractivity contribution in [2.24, 2.45) is 23.7 Å². The number of phenolic OH excluding ortho intramolecular Hbond substituents is 1. The molecule has 0 aliphatic carbocycles. The number of benzene rings is 1. The number of phenols is 1. The maximum Gasteiger partial charge on any atom is 0.192 e. The Labute approximate surface area is 256 Å². The molecule has 0 amide bonds. The van der Waals surface area contributed by atoms with Crippen molar-refractivity contribution in [2.75, 3.05) is 7.11 Å². The number of hydrogen-bond donors (Lipinski definition) is 1. The number of furan rings is 1. The topological polar surface area (TPSA) is 61.1 Å². The minimum atomic E-state index is -1.89. The van der Waals surface area contributed by atoms with Crippen molar-refractivity contribution in [3.05, 3.63) is 34.6 Å². The number of hydrogen-bond acceptors (Lipinski definition) is 5. The summed E-state index contributed by atoms with van der Waals surface area (Å²) in [5.41, 5.74) is 3.90. The lowest BCUT2D eigenvalue weighted by molar-refractivity contribution is -0.164. The monoisotopic (exact) mass is 598 g/mol. The Balaban J connectivity index is 1.92. The molecule has 236 valence electrons. The highest BCUT2D eigenvalue weighted by Gasteiger charge is 2.47. The average molecular weight is 599 g/mol. The summed E-state index contributed by atoms with van der Waals surface area (Å²) in [6.45, 7) is 22.7. The number of fused-ring (bicyclic) bond motifs is 4. The number of aryl methyl sites for hydroxylation is 1. The summed E-state index contributed by atoms with van der Waals surface area (Å²) >= 11 is 0. The van der Waals surface area contributed by atoms with Gasteiger partial charge in [0, 0.05) is 34.3 Å². The van der Waals surface area contributed by atoms with Crippen molar-refractivity contribution in [1.82, 2.24) is 0 Å². The summed E-state index contributed by atoms with van der Waals surface area (Å²) in [6, 6.07) is 5.51. The molecule has 1 fully saturated rings. The molecule has 2 aliphatic heterocycles. The largest absolute Gasteiger partial charge is 0.504 e. The van der Waals surface area contributed by atoms with Crippen LogP contribution in [0.3, 0.4) is 0 Å². The average Bonchev–Trinajstić information content (AvgIpc) is 3.39. The van der Waals surface area contributed by atoms with E-state index in [2.05, 4.69) is 74.5 Å². The Morgan fingerprint density at radius 3 is 2.26 bits per heavy atom. The third-order valence-corrected chi connectivity index (χ3v) is 15.4. The molecule has 1 aromatic carbocycles. The van der Waals surface area contributed by atoms with E-state index in [0.717, 1.165) is 71.7 Å². The zero-order chi connectivity index (χ0) is 30.9. The van der Waals surface area contributed by atoms with Crippen LogP contribution in [0.5, 0.6) is 11.5 Å². The number of methoxy groups -OCH3 is 1. The van der Waals surface area contributed by atoms with Crippen LogP contribution in [0.1, 0.15) is 117 Å². The highest BCUT2D eigenvalue weighted by Crippen LogP contribution is 2.52. The number of rotatable bonds is 6. The van der Waals surface area contributed by atoms with Crippen molar-refractivity contribution >= 4 is 19.3 Å². The molecular formula is C36H58O5Si. The third-order valence-electron chi connectivity index (χ3n) is 10.8. The zero-order valence-electron chi connectivity index (χ0n) is 28.3. The normalized spacial score (nSPS) is 32.6. The molecule has 4 rings (SSSR count). The van der Waals surface area contributed by atoms with E-state index in [9.17, 15) is 5.11 Å². The Kier molecular flexibility index (Phi) is 10.6. The van der Waals surface area contributed by atoms with E-state index in [1.807, 2.05) is 6.92 Å². The molecule has 1 saturated heterocycles. The molecule has 4 bridgehead atoms. The molecule has 6 heteroatoms. The van der Waals surface area contributed by atoms with Gasteiger partial charge in [-0.3, -0.25) is 0 Å². The molecule has 5 nitrogen and oxygen atoms in total. The first kappa shape index (κ1) is 33.1. The van der Waals surface area contributed by atoms with Crippen LogP contribution in [0.15, 0.2) is 22.1 Å². The molecular weight excluding hydrogens is 540 g/mol. The summed E-state index contributed by atoms with van der Waals surface area (Å²) in [4.78, 5) is 0. The van der Waals surface area contributed by atoms with Crippen molar-refractivity contribution in [3.8, 4) is 11.5 Å². The second-order valence-electron chi connectivity index (χ2n) is 14.0. The van der Waals surface area contributed by atoms with Gasteiger partial charge in [-0.05, 0) is 75.6 Å². The quantitative estimate of drug-likeness (QED) is 0.265. The maximum atomic E-state index is 11.8. The van der Waals surface area contributed by atoms with Gasteiger partial charge in [0.15, 0.2) is 19.8 Å². The summed E-state index contributed by atoms with van der Waals surface area (Å²) in [7, 11) is -0.266. The van der Waals surface area contributed by atoms with E-state index in [-0.39, 0.29) is 41.8 Å². The smallest absolute Gasteiger partial charge is 0.192 e. The highest BCUT2D eigenvalue weighted by molar-refractivity contribution is 6.73. The van der Waals surface area contributed by atoms with Crippen LogP contribution in [-0.2, 0) is 9.16 Å². The number of aromatic hydroxyl groups is 1. The van der Waals surface area contributed by atoms with E-state index in [4.69, 9.17) is 18.3 Å². The van der Waals surface area contributed by atoms with Crippen molar-refractivity contribution in [3.63, 3.8) is 0 Å². The molecule has 0 saturated carbocycles. The second-order valence-corrected chi connectivity index (χ2v) is 18.7. The first-order valence-electron chi connectivity index (χ1n) is 16.7. The van der Waals surface area contributed by atoms with Crippen molar-refractivity contribution in [2.45, 2.75) is 137 Å². The maximum absolute atomic E-state index is 11.8. The fraction of sp³-hybridized carbons (Fsp3) is 0.722. The standard InChI is InChI=1S/C36H58O5Si/c1-12-42(13-2,14-3)41-33-25(8)29-16-15-21(4)17-22(5)18-23(6)19-24(7)30-20-28-31(35(39-29)26(33)9)32(37)36(38-11)27(10)34(28)40-30/h17,20-21,23-26,29,33,35,37H,12-16,18-19H2,1-11H3/b22-17+/t21-,23+,24-,25-,26+,29+,33-,35+/m0/s1. The van der Waals surface area contributed by atoms with Gasteiger partial charge in [0.2, 0.25) is 0 Å². The Morgan fingerprint density at radius 1 is 0.976 bits per heavy atom. The summed E-state index contributed by atoms with van der Waals surface area (Å²) < 4.78 is 26.9. The van der Waals surface area contributed by atoms with Gasteiger partial charge in [-0.25, -0.2) is 0 Å². The Bertz CT molecular complexity index is 1240. The van der Waals surface area contributed by atoms with Gasteiger partial charge in [0.05, 0.1) is 25.4 Å². The SMILES string of the molecule is CC[Si](CC)(CC)O[C@H]1[C@@H](C)[C@H]2CC[C@H](C)/C=C(\C)C[C@@H](C)C[C@H](C)c3cc4c(c(O)c(OC)c(C)c4o3)[C@H](O2)[C@@H]1C. The Hall–Kier alpha value is -1.76. The van der Waals surface area contributed by atoms with Gasteiger partial charge in [-0.15, -0.1) is 0 Å². The summed E-state index contributed by atoms with van der Waals surface area (Å²) in [5, 5.41) is 12.8. The fourth-order valence-electron chi connectivity index (χ4n) is 8.08.